The van der Waals surface area contributed by atoms with Gasteiger partial charge in [-0.15, -0.1) is 0 Å². The molecule has 136 valence electrons. The third-order valence-corrected chi connectivity index (χ3v) is 6.75. The van der Waals surface area contributed by atoms with E-state index in [4.69, 9.17) is 4.74 Å². The van der Waals surface area contributed by atoms with Crippen LogP contribution in [0.4, 0.5) is 4.79 Å². The summed E-state index contributed by atoms with van der Waals surface area (Å²) < 4.78 is 6.14. The second kappa shape index (κ2) is 7.20. The van der Waals surface area contributed by atoms with Gasteiger partial charge in [0, 0.05) is 31.3 Å². The number of urea groups is 1. The van der Waals surface area contributed by atoms with Gasteiger partial charge in [-0.05, 0) is 57.9 Å². The first kappa shape index (κ1) is 16.6. The zero-order valence-corrected chi connectivity index (χ0v) is 14.9. The molecule has 24 heavy (non-hydrogen) atoms. The van der Waals surface area contributed by atoms with Crippen LogP contribution in [0.25, 0.3) is 0 Å². The Balaban J connectivity index is 1.25. The third kappa shape index (κ3) is 3.72. The largest absolute Gasteiger partial charge is 0.375 e. The highest BCUT2D eigenvalue weighted by Crippen LogP contribution is 2.38. The van der Waals surface area contributed by atoms with Crippen LogP contribution in [0.3, 0.4) is 0 Å². The van der Waals surface area contributed by atoms with Gasteiger partial charge in [0.15, 0.2) is 0 Å². The highest BCUT2D eigenvalue weighted by Gasteiger charge is 2.39. The van der Waals surface area contributed by atoms with Crippen LogP contribution in [0, 0.1) is 0 Å². The number of hydrogen-bond donors (Lipinski definition) is 2. The summed E-state index contributed by atoms with van der Waals surface area (Å²) in [5, 5.41) is 6.51. The van der Waals surface area contributed by atoms with E-state index in [-0.39, 0.29) is 17.7 Å². The van der Waals surface area contributed by atoms with E-state index in [1.165, 1.54) is 51.5 Å². The monoisotopic (exact) mass is 335 g/mol. The zero-order valence-electron chi connectivity index (χ0n) is 14.9. The van der Waals surface area contributed by atoms with Crippen molar-refractivity contribution in [2.75, 3.05) is 19.7 Å². The number of carbonyl (C=O) groups is 1. The number of amides is 2. The van der Waals surface area contributed by atoms with Crippen molar-refractivity contribution in [1.82, 2.24) is 15.5 Å². The molecule has 3 heterocycles. The molecule has 0 aromatic heterocycles. The van der Waals surface area contributed by atoms with Gasteiger partial charge in [-0.3, -0.25) is 0 Å². The Hall–Kier alpha value is -0.810. The highest BCUT2D eigenvalue weighted by molar-refractivity contribution is 5.74. The maximum absolute atomic E-state index is 12.5. The number of rotatable bonds is 2. The maximum atomic E-state index is 12.5. The number of piperidine rings is 1. The van der Waals surface area contributed by atoms with E-state index in [9.17, 15) is 4.79 Å². The third-order valence-electron chi connectivity index (χ3n) is 6.75. The van der Waals surface area contributed by atoms with Gasteiger partial charge in [0.1, 0.15) is 0 Å². The van der Waals surface area contributed by atoms with E-state index in [1.54, 1.807) is 0 Å². The van der Waals surface area contributed by atoms with Crippen molar-refractivity contribution in [3.63, 3.8) is 0 Å². The minimum atomic E-state index is 0.0457. The molecule has 1 spiro atoms. The Morgan fingerprint density at radius 3 is 2.67 bits per heavy atom. The predicted molar refractivity (Wildman–Crippen MR) is 94.1 cm³/mol. The molecule has 4 aliphatic rings. The molecule has 0 radical (unpaired) electrons. The topological polar surface area (TPSA) is 53.6 Å². The smallest absolute Gasteiger partial charge is 0.315 e. The lowest BCUT2D eigenvalue weighted by atomic mass is 9.78. The first-order valence-corrected chi connectivity index (χ1v) is 10.2. The van der Waals surface area contributed by atoms with Crippen LogP contribution in [0.5, 0.6) is 0 Å². The van der Waals surface area contributed by atoms with E-state index < -0.39 is 0 Å². The molecule has 1 saturated carbocycles. The predicted octanol–water partition coefficient (Wildman–Crippen LogP) is 2.79. The summed E-state index contributed by atoms with van der Waals surface area (Å²) in [6.07, 6.45) is 13.1. The second-order valence-electron chi connectivity index (χ2n) is 8.45. The fourth-order valence-electron chi connectivity index (χ4n) is 5.46. The van der Waals surface area contributed by atoms with Crippen LogP contribution in [0.15, 0.2) is 0 Å². The first-order chi connectivity index (χ1) is 11.7. The normalized spacial score (nSPS) is 36.2. The van der Waals surface area contributed by atoms with Crippen molar-refractivity contribution < 1.29 is 9.53 Å². The van der Waals surface area contributed by atoms with Crippen molar-refractivity contribution in [1.29, 1.82) is 0 Å². The van der Waals surface area contributed by atoms with Gasteiger partial charge in [0.2, 0.25) is 0 Å². The summed E-state index contributed by atoms with van der Waals surface area (Å²) in [6.45, 7) is 3.20. The fourth-order valence-corrected chi connectivity index (χ4v) is 5.46. The van der Waals surface area contributed by atoms with Crippen LogP contribution in [0.1, 0.15) is 70.6 Å². The molecule has 2 N–H and O–H groups in total. The molecular weight excluding hydrogens is 302 g/mol. The lowest BCUT2D eigenvalue weighted by molar-refractivity contribution is -0.107. The molecule has 0 bridgehead atoms. The summed E-state index contributed by atoms with van der Waals surface area (Å²) in [4.78, 5) is 15.1. The summed E-state index contributed by atoms with van der Waals surface area (Å²) in [6, 6.07) is 1.39. The molecule has 0 aromatic rings. The van der Waals surface area contributed by atoms with Gasteiger partial charge in [0.25, 0.3) is 0 Å². The quantitative estimate of drug-likeness (QED) is 0.816. The lowest BCUT2D eigenvalue weighted by Crippen LogP contribution is -2.54. The van der Waals surface area contributed by atoms with Crippen molar-refractivity contribution in [2.24, 2.45) is 0 Å². The lowest BCUT2D eigenvalue weighted by Gasteiger charge is -2.43. The molecule has 0 unspecified atom stereocenters. The van der Waals surface area contributed by atoms with E-state index in [2.05, 4.69) is 15.5 Å². The molecule has 3 aliphatic heterocycles. The fraction of sp³-hybridized carbons (Fsp3) is 0.947. The van der Waals surface area contributed by atoms with Gasteiger partial charge in [-0.2, -0.15) is 0 Å². The molecule has 0 aromatic carbocycles. The van der Waals surface area contributed by atoms with Gasteiger partial charge < -0.3 is 20.3 Å². The van der Waals surface area contributed by atoms with E-state index in [0.717, 1.165) is 38.8 Å². The first-order valence-electron chi connectivity index (χ1n) is 10.2. The van der Waals surface area contributed by atoms with Crippen LogP contribution in [-0.2, 0) is 4.74 Å². The van der Waals surface area contributed by atoms with E-state index >= 15 is 0 Å². The highest BCUT2D eigenvalue weighted by atomic mass is 16.5. The van der Waals surface area contributed by atoms with Crippen molar-refractivity contribution in [3.05, 3.63) is 0 Å². The maximum Gasteiger partial charge on any atom is 0.315 e. The Morgan fingerprint density at radius 2 is 1.79 bits per heavy atom. The second-order valence-corrected chi connectivity index (χ2v) is 8.45. The zero-order chi connectivity index (χ0) is 16.4. The minimum absolute atomic E-state index is 0.0457. The van der Waals surface area contributed by atoms with Crippen LogP contribution in [0.2, 0.25) is 0 Å². The van der Waals surface area contributed by atoms with Gasteiger partial charge in [-0.25, -0.2) is 4.79 Å². The van der Waals surface area contributed by atoms with Crippen molar-refractivity contribution in [2.45, 2.75) is 94.4 Å². The number of hydrogen-bond acceptors (Lipinski definition) is 3. The summed E-state index contributed by atoms with van der Waals surface area (Å²) >= 11 is 0. The molecule has 4 rings (SSSR count). The Labute approximate surface area is 145 Å². The van der Waals surface area contributed by atoms with Crippen LogP contribution in [-0.4, -0.2) is 54.4 Å². The number of nitrogens with one attached hydrogen (secondary N) is 2. The number of ether oxygens (including phenoxy) is 1. The Morgan fingerprint density at radius 1 is 0.958 bits per heavy atom. The number of carbonyl (C=O) groups excluding carboxylic acids is 1. The number of fused-ring (bicyclic) bond motifs is 1. The summed E-state index contributed by atoms with van der Waals surface area (Å²) in [5.41, 5.74) is 0.0592. The molecule has 1 aliphatic carbocycles. The molecule has 3 atom stereocenters. The van der Waals surface area contributed by atoms with E-state index in [0.29, 0.717) is 12.1 Å². The van der Waals surface area contributed by atoms with Crippen molar-refractivity contribution >= 4 is 6.03 Å². The van der Waals surface area contributed by atoms with Crippen LogP contribution < -0.4 is 10.6 Å². The number of nitrogens with zero attached hydrogens (tertiary/aromatic N) is 1. The van der Waals surface area contributed by atoms with Gasteiger partial charge in [0.05, 0.1) is 5.60 Å². The summed E-state index contributed by atoms with van der Waals surface area (Å²) in [5.74, 6) is 0. The standard InChI is InChI=1S/C19H33N3O2/c23-18(20-15-6-11-22-10-4-5-17(22)13-15)21-16-7-12-24-19(14-16)8-2-1-3-9-19/h15-17H,1-14H2,(H2,20,21,23)/t15-,16+,17+/m1/s1. The molecule has 4 fully saturated rings. The van der Waals surface area contributed by atoms with Gasteiger partial charge >= 0.3 is 6.03 Å². The molecule has 5 nitrogen and oxygen atoms in total. The van der Waals surface area contributed by atoms with E-state index in [1.807, 2.05) is 0 Å². The van der Waals surface area contributed by atoms with Crippen molar-refractivity contribution in [3.8, 4) is 0 Å². The Bertz CT molecular complexity index is 444. The molecular formula is C19H33N3O2. The Kier molecular flexibility index (Phi) is 5.00. The molecule has 5 heteroatoms. The summed E-state index contributed by atoms with van der Waals surface area (Å²) in [7, 11) is 0. The SMILES string of the molecule is O=C(N[C@@H]1CCN2CCC[C@H]2C1)N[C@H]1CCOC2(CCCCC2)C1. The molecule has 2 amide bonds. The average Bonchev–Trinajstić information content (AvgIpc) is 3.03. The van der Waals surface area contributed by atoms with Crippen LogP contribution >= 0.6 is 0 Å². The average molecular weight is 335 g/mol. The molecule has 3 saturated heterocycles. The minimum Gasteiger partial charge on any atom is -0.375 e. The van der Waals surface area contributed by atoms with Gasteiger partial charge in [-0.1, -0.05) is 19.3 Å².